The number of hydrogen-bond acceptors (Lipinski definition) is 4. The Kier molecular flexibility index (Phi) is 3.60. The summed E-state index contributed by atoms with van der Waals surface area (Å²) in [5.74, 6) is -0.677. The summed E-state index contributed by atoms with van der Waals surface area (Å²) in [5.41, 5.74) is 1.59. The molecule has 0 amide bonds. The van der Waals surface area contributed by atoms with Crippen molar-refractivity contribution in [3.63, 3.8) is 0 Å². The van der Waals surface area contributed by atoms with E-state index in [1.54, 1.807) is 8.97 Å². The molecule has 0 aliphatic carbocycles. The van der Waals surface area contributed by atoms with Gasteiger partial charge < -0.3 is 4.57 Å². The van der Waals surface area contributed by atoms with Gasteiger partial charge in [-0.15, -0.1) is 0 Å². The van der Waals surface area contributed by atoms with Gasteiger partial charge in [0, 0.05) is 6.04 Å². The van der Waals surface area contributed by atoms with Crippen molar-refractivity contribution in [3.05, 3.63) is 46.6 Å². The van der Waals surface area contributed by atoms with Gasteiger partial charge >= 0.3 is 0 Å². The summed E-state index contributed by atoms with van der Waals surface area (Å²) in [6.45, 7) is 5.17. The van der Waals surface area contributed by atoms with Gasteiger partial charge in [0.1, 0.15) is 23.3 Å². The second-order valence-electron chi connectivity index (χ2n) is 5.87. The van der Waals surface area contributed by atoms with E-state index in [2.05, 4.69) is 4.98 Å². The van der Waals surface area contributed by atoms with Crippen molar-refractivity contribution >= 4 is 28.1 Å². The largest absolute Gasteiger partial charge is 0.302 e. The Bertz CT molecular complexity index is 995. The lowest BCUT2D eigenvalue weighted by Crippen LogP contribution is -2.25. The fourth-order valence-electron chi connectivity index (χ4n) is 2.86. The summed E-state index contributed by atoms with van der Waals surface area (Å²) >= 11 is 0. The maximum atomic E-state index is 12.9. The van der Waals surface area contributed by atoms with Gasteiger partial charge in [-0.2, -0.15) is 0 Å². The fourth-order valence-corrected chi connectivity index (χ4v) is 2.86. The normalized spacial score (nSPS) is 11.5. The molecule has 0 N–H and O–H groups in total. The number of hydrogen-bond donors (Lipinski definition) is 0. The first-order valence-corrected chi connectivity index (χ1v) is 7.44. The van der Waals surface area contributed by atoms with Crippen LogP contribution in [-0.4, -0.2) is 25.5 Å². The molecule has 6 nitrogen and oxygen atoms in total. The van der Waals surface area contributed by atoms with E-state index in [4.69, 9.17) is 0 Å². The predicted octanol–water partition coefficient (Wildman–Crippen LogP) is 2.39. The van der Waals surface area contributed by atoms with Gasteiger partial charge in [-0.25, -0.2) is 4.98 Å². The Labute approximate surface area is 132 Å². The van der Waals surface area contributed by atoms with Crippen LogP contribution in [0.3, 0.4) is 0 Å². The molecule has 0 aliphatic heterocycles. The third kappa shape index (κ3) is 2.36. The lowest BCUT2D eigenvalue weighted by Gasteiger charge is -2.15. The molecular weight excluding hydrogens is 294 g/mol. The summed E-state index contributed by atoms with van der Waals surface area (Å²) in [4.78, 5) is 40.5. The highest BCUT2D eigenvalue weighted by atomic mass is 16.2. The number of imidazole rings is 1. The molecule has 0 aliphatic rings. The molecular formula is C17H17N3O3. The van der Waals surface area contributed by atoms with Crippen LogP contribution in [0.25, 0.3) is 16.6 Å². The van der Waals surface area contributed by atoms with E-state index in [9.17, 15) is 14.4 Å². The lowest BCUT2D eigenvalue weighted by molar-refractivity contribution is -0.116. The number of Topliss-reactive ketones (excluding diaryl/α,β-unsaturated/α-hetero) is 2. The SMILES string of the molecule is CC(=O)CC(=O)c1ncn2c1c(=O)n(C(C)C)c1ccccc12. The van der Waals surface area contributed by atoms with Crippen molar-refractivity contribution in [1.82, 2.24) is 14.0 Å². The van der Waals surface area contributed by atoms with E-state index < -0.39 is 5.78 Å². The lowest BCUT2D eigenvalue weighted by atomic mass is 10.1. The predicted molar refractivity (Wildman–Crippen MR) is 87.0 cm³/mol. The van der Waals surface area contributed by atoms with Crippen molar-refractivity contribution < 1.29 is 9.59 Å². The third-order valence-corrected chi connectivity index (χ3v) is 3.78. The summed E-state index contributed by atoms with van der Waals surface area (Å²) in [7, 11) is 0. The Morgan fingerprint density at radius 3 is 2.43 bits per heavy atom. The highest BCUT2D eigenvalue weighted by molar-refractivity contribution is 6.10. The summed E-state index contributed by atoms with van der Waals surface area (Å²) in [6.07, 6.45) is 1.22. The van der Waals surface area contributed by atoms with Crippen LogP contribution < -0.4 is 5.56 Å². The first-order valence-electron chi connectivity index (χ1n) is 7.44. The van der Waals surface area contributed by atoms with Crippen LogP contribution in [0.2, 0.25) is 0 Å². The van der Waals surface area contributed by atoms with Crippen LogP contribution in [0.4, 0.5) is 0 Å². The Hall–Kier alpha value is -2.76. The quantitative estimate of drug-likeness (QED) is 0.548. The molecule has 23 heavy (non-hydrogen) atoms. The average Bonchev–Trinajstić information content (AvgIpc) is 2.92. The molecule has 0 unspecified atom stereocenters. The van der Waals surface area contributed by atoms with Crippen molar-refractivity contribution in [2.45, 2.75) is 33.2 Å². The zero-order valence-corrected chi connectivity index (χ0v) is 13.2. The van der Waals surface area contributed by atoms with Gasteiger partial charge in [-0.1, -0.05) is 12.1 Å². The smallest absolute Gasteiger partial charge is 0.278 e. The minimum absolute atomic E-state index is 0.0605. The van der Waals surface area contributed by atoms with Crippen LogP contribution >= 0.6 is 0 Å². The molecule has 2 heterocycles. The second kappa shape index (κ2) is 5.46. The van der Waals surface area contributed by atoms with Crippen molar-refractivity contribution in [2.24, 2.45) is 0 Å². The zero-order valence-electron chi connectivity index (χ0n) is 13.2. The first kappa shape index (κ1) is 15.1. The first-order chi connectivity index (χ1) is 10.9. The molecule has 0 saturated carbocycles. The van der Waals surface area contributed by atoms with Crippen LogP contribution in [0.5, 0.6) is 0 Å². The number of aromatic nitrogens is 3. The highest BCUT2D eigenvalue weighted by Crippen LogP contribution is 2.20. The maximum absolute atomic E-state index is 12.9. The molecule has 1 aromatic carbocycles. The van der Waals surface area contributed by atoms with Crippen molar-refractivity contribution in [3.8, 4) is 0 Å². The van der Waals surface area contributed by atoms with Gasteiger partial charge in [0.2, 0.25) is 0 Å². The molecule has 0 spiro atoms. The number of rotatable bonds is 4. The van der Waals surface area contributed by atoms with Crippen LogP contribution in [0, 0.1) is 0 Å². The zero-order chi connectivity index (χ0) is 16.7. The molecule has 0 radical (unpaired) electrons. The molecule has 0 atom stereocenters. The van der Waals surface area contributed by atoms with Crippen molar-refractivity contribution in [1.29, 1.82) is 0 Å². The minimum Gasteiger partial charge on any atom is -0.302 e. The van der Waals surface area contributed by atoms with Crippen LogP contribution in [-0.2, 0) is 4.79 Å². The number of nitrogens with zero attached hydrogens (tertiary/aromatic N) is 3. The molecule has 3 rings (SSSR count). The van der Waals surface area contributed by atoms with Crippen molar-refractivity contribution in [2.75, 3.05) is 0 Å². The van der Waals surface area contributed by atoms with Gasteiger partial charge in [0.25, 0.3) is 5.56 Å². The molecule has 3 aromatic rings. The summed E-state index contributed by atoms with van der Waals surface area (Å²) < 4.78 is 3.28. The van der Waals surface area contributed by atoms with Crippen LogP contribution in [0.15, 0.2) is 35.4 Å². The highest BCUT2D eigenvalue weighted by Gasteiger charge is 2.21. The molecule has 6 heteroatoms. The maximum Gasteiger partial charge on any atom is 0.278 e. The number of carbonyl (C=O) groups is 2. The second-order valence-corrected chi connectivity index (χ2v) is 5.87. The summed E-state index contributed by atoms with van der Waals surface area (Å²) in [5, 5.41) is 0. The van der Waals surface area contributed by atoms with E-state index in [0.717, 1.165) is 11.0 Å². The average molecular weight is 311 g/mol. The number of carbonyl (C=O) groups excluding carboxylic acids is 2. The van der Waals surface area contributed by atoms with Gasteiger partial charge in [-0.3, -0.25) is 18.8 Å². The molecule has 2 aromatic heterocycles. The number of benzene rings is 1. The monoisotopic (exact) mass is 311 g/mol. The van der Waals surface area contributed by atoms with Crippen LogP contribution in [0.1, 0.15) is 43.7 Å². The number of fused-ring (bicyclic) bond motifs is 3. The standard InChI is InChI=1S/C17H17N3O3/c1-10(2)20-13-7-5-4-6-12(13)19-9-18-15(16(19)17(20)23)14(22)8-11(3)21/h4-7,9-10H,8H2,1-3H3. The number of ketones is 2. The Morgan fingerprint density at radius 2 is 1.83 bits per heavy atom. The Morgan fingerprint density at radius 1 is 1.17 bits per heavy atom. The molecule has 118 valence electrons. The number of para-hydroxylation sites is 2. The third-order valence-electron chi connectivity index (χ3n) is 3.78. The van der Waals surface area contributed by atoms with Gasteiger partial charge in [-0.05, 0) is 32.9 Å². The van der Waals surface area contributed by atoms with E-state index in [1.165, 1.54) is 13.3 Å². The fraction of sp³-hybridized carbons (Fsp3) is 0.294. The topological polar surface area (TPSA) is 73.4 Å². The van der Waals surface area contributed by atoms with E-state index in [-0.39, 0.29) is 35.0 Å². The van der Waals surface area contributed by atoms with Gasteiger partial charge in [0.05, 0.1) is 17.5 Å². The van der Waals surface area contributed by atoms with E-state index in [1.807, 2.05) is 38.1 Å². The minimum atomic E-state index is -0.428. The Balaban J connectivity index is 2.43. The molecule has 0 saturated heterocycles. The van der Waals surface area contributed by atoms with E-state index in [0.29, 0.717) is 0 Å². The van der Waals surface area contributed by atoms with E-state index >= 15 is 0 Å². The molecule has 0 bridgehead atoms. The van der Waals surface area contributed by atoms with Gasteiger partial charge in [0.15, 0.2) is 5.78 Å². The molecule has 0 fully saturated rings. The summed E-state index contributed by atoms with van der Waals surface area (Å²) in [6, 6.07) is 7.41.